The van der Waals surface area contributed by atoms with Gasteiger partial charge in [0.05, 0.1) is 26.5 Å². The lowest BCUT2D eigenvalue weighted by molar-refractivity contribution is -0.118. The van der Waals surface area contributed by atoms with Crippen molar-refractivity contribution in [2.45, 2.75) is 13.0 Å². The minimum absolute atomic E-state index is 0.0197. The highest BCUT2D eigenvalue weighted by atomic mass is 19.1. The lowest BCUT2D eigenvalue weighted by Crippen LogP contribution is -2.36. The number of rotatable bonds is 8. The van der Waals surface area contributed by atoms with Crippen molar-refractivity contribution < 1.29 is 27.9 Å². The second-order valence-electron chi connectivity index (χ2n) is 6.84. The average Bonchev–Trinajstić information content (AvgIpc) is 3.31. The zero-order valence-electron chi connectivity index (χ0n) is 17.8. The van der Waals surface area contributed by atoms with E-state index in [-0.39, 0.29) is 17.1 Å². The molecule has 0 saturated heterocycles. The molecule has 1 aromatic heterocycles. The number of benzene rings is 2. The van der Waals surface area contributed by atoms with Gasteiger partial charge in [0.2, 0.25) is 0 Å². The van der Waals surface area contributed by atoms with Gasteiger partial charge in [-0.25, -0.2) is 4.39 Å². The molecule has 0 aliphatic heterocycles. The standard InChI is InChI=1S/C24H23FN2O5/c1-15(16-6-9-18(25)10-7-16)26-24(29)20(14-19-5-4-12-32-19)27-23(28)17-8-11-21(30-2)22(13-17)31-3/h4-15H,1-3H3,(H,26,29)(H,27,28)/b20-14-/t15-/m0/s1. The SMILES string of the molecule is COc1ccc(C(=O)N/C(=C\c2ccco2)C(=O)N[C@@H](C)c2ccc(F)cc2)cc1OC. The van der Waals surface area contributed by atoms with Crippen LogP contribution in [0.1, 0.15) is 34.6 Å². The van der Waals surface area contributed by atoms with Crippen LogP contribution in [0.4, 0.5) is 4.39 Å². The zero-order valence-corrected chi connectivity index (χ0v) is 17.8. The van der Waals surface area contributed by atoms with Crippen molar-refractivity contribution in [3.05, 3.63) is 89.3 Å². The van der Waals surface area contributed by atoms with Crippen LogP contribution in [0, 0.1) is 5.82 Å². The highest BCUT2D eigenvalue weighted by Crippen LogP contribution is 2.27. The molecule has 0 unspecified atom stereocenters. The van der Waals surface area contributed by atoms with Gasteiger partial charge >= 0.3 is 0 Å². The molecule has 3 aromatic rings. The van der Waals surface area contributed by atoms with Crippen molar-refractivity contribution in [3.8, 4) is 11.5 Å². The number of amides is 2. The van der Waals surface area contributed by atoms with Gasteiger partial charge in [0.25, 0.3) is 11.8 Å². The van der Waals surface area contributed by atoms with E-state index in [0.717, 1.165) is 0 Å². The number of methoxy groups -OCH3 is 2. The molecule has 32 heavy (non-hydrogen) atoms. The topological polar surface area (TPSA) is 89.8 Å². The van der Waals surface area contributed by atoms with Crippen LogP contribution in [0.5, 0.6) is 11.5 Å². The van der Waals surface area contributed by atoms with E-state index in [1.54, 1.807) is 43.3 Å². The van der Waals surface area contributed by atoms with E-state index in [9.17, 15) is 14.0 Å². The van der Waals surface area contributed by atoms with Gasteiger partial charge in [-0.05, 0) is 55.0 Å². The number of carbonyl (C=O) groups excluding carboxylic acids is 2. The maximum absolute atomic E-state index is 13.2. The molecule has 2 N–H and O–H groups in total. The summed E-state index contributed by atoms with van der Waals surface area (Å²) >= 11 is 0. The number of hydrogen-bond donors (Lipinski definition) is 2. The Morgan fingerprint density at radius 1 is 1.03 bits per heavy atom. The Bertz CT molecular complexity index is 1110. The van der Waals surface area contributed by atoms with Crippen LogP contribution in [-0.4, -0.2) is 26.0 Å². The molecule has 2 amide bonds. The predicted molar refractivity (Wildman–Crippen MR) is 117 cm³/mol. The summed E-state index contributed by atoms with van der Waals surface area (Å²) in [6, 6.07) is 13.3. The normalized spacial score (nSPS) is 12.1. The number of nitrogens with one attached hydrogen (secondary N) is 2. The monoisotopic (exact) mass is 438 g/mol. The lowest BCUT2D eigenvalue weighted by atomic mass is 10.1. The Kier molecular flexibility index (Phi) is 7.28. The van der Waals surface area contributed by atoms with Gasteiger partial charge in [-0.3, -0.25) is 9.59 Å². The first-order valence-corrected chi connectivity index (χ1v) is 9.76. The average molecular weight is 438 g/mol. The molecule has 0 saturated carbocycles. The fourth-order valence-corrected chi connectivity index (χ4v) is 2.96. The van der Waals surface area contributed by atoms with E-state index >= 15 is 0 Å². The van der Waals surface area contributed by atoms with E-state index in [0.29, 0.717) is 22.8 Å². The number of ether oxygens (including phenoxy) is 2. The Balaban J connectivity index is 1.82. The Hall–Kier alpha value is -4.07. The summed E-state index contributed by atoms with van der Waals surface area (Å²) in [4.78, 5) is 25.8. The molecule has 7 nitrogen and oxygen atoms in total. The van der Waals surface area contributed by atoms with Crippen molar-refractivity contribution in [2.75, 3.05) is 14.2 Å². The van der Waals surface area contributed by atoms with Crippen LogP contribution in [0.3, 0.4) is 0 Å². The third kappa shape index (κ3) is 5.54. The molecule has 2 aromatic carbocycles. The molecule has 0 aliphatic rings. The minimum atomic E-state index is -0.535. The minimum Gasteiger partial charge on any atom is -0.493 e. The van der Waals surface area contributed by atoms with Gasteiger partial charge in [0.1, 0.15) is 17.3 Å². The second kappa shape index (κ2) is 10.3. The van der Waals surface area contributed by atoms with Crippen LogP contribution < -0.4 is 20.1 Å². The fourth-order valence-electron chi connectivity index (χ4n) is 2.96. The summed E-state index contributed by atoms with van der Waals surface area (Å²) in [7, 11) is 2.96. The van der Waals surface area contributed by atoms with Crippen molar-refractivity contribution in [1.29, 1.82) is 0 Å². The van der Waals surface area contributed by atoms with Crippen LogP contribution in [0.25, 0.3) is 6.08 Å². The van der Waals surface area contributed by atoms with E-state index in [1.165, 1.54) is 44.8 Å². The molecular formula is C24H23FN2O5. The molecule has 166 valence electrons. The Morgan fingerprint density at radius 2 is 1.75 bits per heavy atom. The molecule has 0 bridgehead atoms. The summed E-state index contributed by atoms with van der Waals surface area (Å²) in [6.07, 6.45) is 2.88. The molecule has 1 atom stereocenters. The first-order valence-electron chi connectivity index (χ1n) is 9.76. The van der Waals surface area contributed by atoms with Gasteiger partial charge in [-0.15, -0.1) is 0 Å². The molecule has 0 fully saturated rings. The number of hydrogen-bond acceptors (Lipinski definition) is 5. The first kappa shape index (κ1) is 22.6. The van der Waals surface area contributed by atoms with Crippen LogP contribution in [-0.2, 0) is 4.79 Å². The maximum atomic E-state index is 13.2. The molecule has 3 rings (SSSR count). The third-order valence-corrected chi connectivity index (χ3v) is 4.69. The second-order valence-corrected chi connectivity index (χ2v) is 6.84. The number of halogens is 1. The summed E-state index contributed by atoms with van der Waals surface area (Å²) in [5, 5.41) is 5.41. The molecule has 0 radical (unpaired) electrons. The van der Waals surface area contributed by atoms with Gasteiger partial charge in [0.15, 0.2) is 11.5 Å². The highest BCUT2D eigenvalue weighted by Gasteiger charge is 2.19. The van der Waals surface area contributed by atoms with Crippen molar-refractivity contribution in [2.24, 2.45) is 0 Å². The molecule has 1 heterocycles. The van der Waals surface area contributed by atoms with E-state index in [1.807, 2.05) is 0 Å². The van der Waals surface area contributed by atoms with Gasteiger partial charge in [0, 0.05) is 11.6 Å². The summed E-state index contributed by atoms with van der Waals surface area (Å²) < 4.78 is 28.9. The van der Waals surface area contributed by atoms with Crippen LogP contribution in [0.2, 0.25) is 0 Å². The van der Waals surface area contributed by atoms with Crippen molar-refractivity contribution in [1.82, 2.24) is 10.6 Å². The molecule has 0 aliphatic carbocycles. The van der Waals surface area contributed by atoms with Gasteiger partial charge in [-0.1, -0.05) is 12.1 Å². The smallest absolute Gasteiger partial charge is 0.268 e. The van der Waals surface area contributed by atoms with Crippen molar-refractivity contribution in [3.63, 3.8) is 0 Å². The fraction of sp³-hybridized carbons (Fsp3) is 0.167. The maximum Gasteiger partial charge on any atom is 0.268 e. The van der Waals surface area contributed by atoms with Crippen LogP contribution in [0.15, 0.2) is 71.0 Å². The van der Waals surface area contributed by atoms with Gasteiger partial charge in [-0.2, -0.15) is 0 Å². The number of carbonyl (C=O) groups is 2. The zero-order chi connectivity index (χ0) is 23.1. The third-order valence-electron chi connectivity index (χ3n) is 4.69. The van der Waals surface area contributed by atoms with E-state index in [2.05, 4.69) is 10.6 Å². The first-order chi connectivity index (χ1) is 15.4. The van der Waals surface area contributed by atoms with Crippen molar-refractivity contribution >= 4 is 17.9 Å². The van der Waals surface area contributed by atoms with Gasteiger partial charge < -0.3 is 24.5 Å². The summed E-state index contributed by atoms with van der Waals surface area (Å²) in [6.45, 7) is 1.76. The molecular weight excluding hydrogens is 415 g/mol. The molecule has 0 spiro atoms. The number of furan rings is 1. The quantitative estimate of drug-likeness (QED) is 0.517. The predicted octanol–water partition coefficient (Wildman–Crippen LogP) is 4.08. The lowest BCUT2D eigenvalue weighted by Gasteiger charge is -2.17. The summed E-state index contributed by atoms with van der Waals surface area (Å²) in [5.74, 6) is -0.183. The summed E-state index contributed by atoms with van der Waals surface area (Å²) in [5.41, 5.74) is 0.962. The van der Waals surface area contributed by atoms with E-state index in [4.69, 9.17) is 13.9 Å². The van der Waals surface area contributed by atoms with Crippen LogP contribution >= 0.6 is 0 Å². The molecule has 8 heteroatoms. The Labute approximate surface area is 184 Å². The highest BCUT2D eigenvalue weighted by molar-refractivity contribution is 6.05. The van der Waals surface area contributed by atoms with E-state index < -0.39 is 17.9 Å². The Morgan fingerprint density at radius 3 is 2.38 bits per heavy atom. The largest absolute Gasteiger partial charge is 0.493 e.